The summed E-state index contributed by atoms with van der Waals surface area (Å²) in [6, 6.07) is 7.88. The van der Waals surface area contributed by atoms with Crippen LogP contribution in [0, 0.1) is 5.92 Å². The van der Waals surface area contributed by atoms with Crippen molar-refractivity contribution < 1.29 is 4.79 Å². The maximum absolute atomic E-state index is 12.7. The first-order chi connectivity index (χ1) is 9.58. The highest BCUT2D eigenvalue weighted by molar-refractivity contribution is 9.09. The molecule has 0 N–H and O–H groups in total. The SMILES string of the molecule is CC1CCN(C(=O)c2nn(C)c3ccccc23)CC1Br. The molecule has 0 bridgehead atoms. The van der Waals surface area contributed by atoms with Gasteiger partial charge in [0, 0.05) is 30.4 Å². The van der Waals surface area contributed by atoms with Crippen LogP contribution >= 0.6 is 15.9 Å². The standard InChI is InChI=1S/C15H18BrN3O/c1-10-7-8-19(9-12(10)16)15(20)14-11-5-3-4-6-13(11)18(2)17-14/h3-6,10,12H,7-9H2,1-2H3. The topological polar surface area (TPSA) is 38.1 Å². The average molecular weight is 336 g/mol. The highest BCUT2D eigenvalue weighted by atomic mass is 79.9. The number of likely N-dealkylation sites (tertiary alicyclic amines) is 1. The number of alkyl halides is 1. The van der Waals surface area contributed by atoms with Crippen molar-refractivity contribution in [3.8, 4) is 0 Å². The minimum Gasteiger partial charge on any atom is -0.336 e. The molecule has 1 aliphatic heterocycles. The van der Waals surface area contributed by atoms with Crippen LogP contribution in [0.2, 0.25) is 0 Å². The second kappa shape index (κ2) is 5.20. The minimum atomic E-state index is 0.0400. The van der Waals surface area contributed by atoms with Gasteiger partial charge in [-0.2, -0.15) is 5.10 Å². The smallest absolute Gasteiger partial charge is 0.275 e. The number of aryl methyl sites for hydroxylation is 1. The number of halogens is 1. The molecule has 2 heterocycles. The van der Waals surface area contributed by atoms with Crippen LogP contribution in [0.15, 0.2) is 24.3 Å². The first-order valence-electron chi connectivity index (χ1n) is 6.93. The Kier molecular flexibility index (Phi) is 3.54. The summed E-state index contributed by atoms with van der Waals surface area (Å²) in [5.41, 5.74) is 1.56. The number of aromatic nitrogens is 2. The summed E-state index contributed by atoms with van der Waals surface area (Å²) in [6.07, 6.45) is 1.03. The van der Waals surface area contributed by atoms with Crippen molar-refractivity contribution in [2.45, 2.75) is 18.2 Å². The highest BCUT2D eigenvalue weighted by Crippen LogP contribution is 2.26. The van der Waals surface area contributed by atoms with Crippen LogP contribution in [-0.2, 0) is 7.05 Å². The van der Waals surface area contributed by atoms with Gasteiger partial charge in [0.25, 0.3) is 5.91 Å². The molecular formula is C15H18BrN3O. The van der Waals surface area contributed by atoms with E-state index in [4.69, 9.17) is 0 Å². The minimum absolute atomic E-state index is 0.0400. The van der Waals surface area contributed by atoms with Crippen molar-refractivity contribution in [2.75, 3.05) is 13.1 Å². The molecule has 0 saturated carbocycles. The molecular weight excluding hydrogens is 318 g/mol. The molecule has 1 amide bonds. The number of hydrogen-bond donors (Lipinski definition) is 0. The maximum atomic E-state index is 12.7. The zero-order chi connectivity index (χ0) is 14.3. The monoisotopic (exact) mass is 335 g/mol. The molecule has 106 valence electrons. The predicted molar refractivity (Wildman–Crippen MR) is 83.1 cm³/mol. The van der Waals surface area contributed by atoms with Gasteiger partial charge in [0.2, 0.25) is 0 Å². The van der Waals surface area contributed by atoms with Gasteiger partial charge in [-0.15, -0.1) is 0 Å². The summed E-state index contributed by atoms with van der Waals surface area (Å²) in [5, 5.41) is 5.35. The Morgan fingerprint density at radius 2 is 2.15 bits per heavy atom. The molecule has 1 saturated heterocycles. The van der Waals surface area contributed by atoms with E-state index in [-0.39, 0.29) is 5.91 Å². The summed E-state index contributed by atoms with van der Waals surface area (Å²) >= 11 is 3.67. The van der Waals surface area contributed by atoms with Gasteiger partial charge in [-0.1, -0.05) is 41.1 Å². The summed E-state index contributed by atoms with van der Waals surface area (Å²) in [6.45, 7) is 3.79. The van der Waals surface area contributed by atoms with Crippen LogP contribution in [0.25, 0.3) is 10.9 Å². The quantitative estimate of drug-likeness (QED) is 0.751. The van der Waals surface area contributed by atoms with Crippen LogP contribution in [0.5, 0.6) is 0 Å². The van der Waals surface area contributed by atoms with Gasteiger partial charge in [0.1, 0.15) is 0 Å². The first-order valence-corrected chi connectivity index (χ1v) is 7.84. The Bertz CT molecular complexity index is 652. The van der Waals surface area contributed by atoms with Gasteiger partial charge in [0.15, 0.2) is 5.69 Å². The first kappa shape index (κ1) is 13.6. The number of fused-ring (bicyclic) bond motifs is 1. The van der Waals surface area contributed by atoms with Crippen LogP contribution in [-0.4, -0.2) is 38.5 Å². The van der Waals surface area contributed by atoms with Gasteiger partial charge in [-0.05, 0) is 18.4 Å². The zero-order valence-electron chi connectivity index (χ0n) is 11.7. The molecule has 2 aromatic rings. The summed E-state index contributed by atoms with van der Waals surface area (Å²) in [5.74, 6) is 0.651. The third-order valence-electron chi connectivity index (χ3n) is 4.11. The van der Waals surface area contributed by atoms with Gasteiger partial charge in [-0.25, -0.2) is 0 Å². The number of para-hydroxylation sites is 1. The maximum Gasteiger partial charge on any atom is 0.275 e. The molecule has 0 radical (unpaired) electrons. The number of benzene rings is 1. The largest absolute Gasteiger partial charge is 0.336 e. The van der Waals surface area contributed by atoms with Crippen LogP contribution in [0.1, 0.15) is 23.8 Å². The van der Waals surface area contributed by atoms with Crippen molar-refractivity contribution in [3.05, 3.63) is 30.0 Å². The number of hydrogen-bond acceptors (Lipinski definition) is 2. The van der Waals surface area contributed by atoms with Crippen LogP contribution in [0.4, 0.5) is 0 Å². The van der Waals surface area contributed by atoms with E-state index in [0.717, 1.165) is 30.4 Å². The van der Waals surface area contributed by atoms with Crippen LogP contribution < -0.4 is 0 Å². The second-order valence-electron chi connectivity index (χ2n) is 5.52. The lowest BCUT2D eigenvalue weighted by Gasteiger charge is -2.33. The Hall–Kier alpha value is -1.36. The van der Waals surface area contributed by atoms with E-state index in [9.17, 15) is 4.79 Å². The lowest BCUT2D eigenvalue weighted by atomic mass is 9.98. The summed E-state index contributed by atoms with van der Waals surface area (Å²) in [4.78, 5) is 15.0. The molecule has 1 aromatic heterocycles. The molecule has 20 heavy (non-hydrogen) atoms. The van der Waals surface area contributed by atoms with Gasteiger partial charge < -0.3 is 4.90 Å². The third kappa shape index (κ3) is 2.24. The van der Waals surface area contributed by atoms with E-state index in [1.54, 1.807) is 4.68 Å². The van der Waals surface area contributed by atoms with Crippen molar-refractivity contribution in [1.82, 2.24) is 14.7 Å². The molecule has 2 unspecified atom stereocenters. The third-order valence-corrected chi connectivity index (χ3v) is 5.31. The number of amides is 1. The second-order valence-corrected chi connectivity index (χ2v) is 6.70. The van der Waals surface area contributed by atoms with E-state index in [2.05, 4.69) is 28.0 Å². The zero-order valence-corrected chi connectivity index (χ0v) is 13.3. The average Bonchev–Trinajstić information content (AvgIpc) is 2.79. The summed E-state index contributed by atoms with van der Waals surface area (Å²) < 4.78 is 1.78. The van der Waals surface area contributed by atoms with Crippen molar-refractivity contribution in [3.63, 3.8) is 0 Å². The lowest BCUT2D eigenvalue weighted by molar-refractivity contribution is 0.0701. The molecule has 0 aliphatic carbocycles. The van der Waals surface area contributed by atoms with Crippen molar-refractivity contribution in [1.29, 1.82) is 0 Å². The molecule has 2 atom stereocenters. The van der Waals surface area contributed by atoms with E-state index >= 15 is 0 Å². The van der Waals surface area contributed by atoms with Gasteiger partial charge >= 0.3 is 0 Å². The van der Waals surface area contributed by atoms with E-state index in [0.29, 0.717) is 16.4 Å². The lowest BCUT2D eigenvalue weighted by Crippen LogP contribution is -2.43. The molecule has 4 nitrogen and oxygen atoms in total. The van der Waals surface area contributed by atoms with Gasteiger partial charge in [-0.3, -0.25) is 9.48 Å². The Morgan fingerprint density at radius 3 is 2.90 bits per heavy atom. The number of rotatable bonds is 1. The predicted octanol–water partition coefficient (Wildman–Crippen LogP) is 2.82. The number of piperidine rings is 1. The molecule has 3 rings (SSSR count). The number of carbonyl (C=O) groups is 1. The molecule has 1 aromatic carbocycles. The van der Waals surface area contributed by atoms with Crippen LogP contribution in [0.3, 0.4) is 0 Å². The molecule has 1 fully saturated rings. The fourth-order valence-corrected chi connectivity index (χ4v) is 3.34. The Labute approximate surface area is 126 Å². The van der Waals surface area contributed by atoms with Gasteiger partial charge in [0.05, 0.1) is 5.52 Å². The molecule has 5 heteroatoms. The molecule has 0 spiro atoms. The highest BCUT2D eigenvalue weighted by Gasteiger charge is 2.29. The van der Waals surface area contributed by atoms with E-state index in [1.807, 2.05) is 36.2 Å². The normalized spacial score (nSPS) is 23.2. The fraction of sp³-hybridized carbons (Fsp3) is 0.467. The Morgan fingerprint density at radius 1 is 1.40 bits per heavy atom. The van der Waals surface area contributed by atoms with E-state index < -0.39 is 0 Å². The number of nitrogens with zero attached hydrogens (tertiary/aromatic N) is 3. The Balaban J connectivity index is 1.93. The fourth-order valence-electron chi connectivity index (χ4n) is 2.73. The van der Waals surface area contributed by atoms with Crippen molar-refractivity contribution in [2.24, 2.45) is 13.0 Å². The molecule has 1 aliphatic rings. The number of carbonyl (C=O) groups excluding carboxylic acids is 1. The van der Waals surface area contributed by atoms with Crippen molar-refractivity contribution >= 4 is 32.7 Å². The van der Waals surface area contributed by atoms with E-state index in [1.165, 1.54) is 0 Å². The summed E-state index contributed by atoms with van der Waals surface area (Å²) in [7, 11) is 1.88.